The molecular weight excluding hydrogens is 252 g/mol. The van der Waals surface area contributed by atoms with E-state index in [0.717, 1.165) is 0 Å². The van der Waals surface area contributed by atoms with Crippen LogP contribution in [0, 0.1) is 6.92 Å². The van der Waals surface area contributed by atoms with E-state index in [1.54, 1.807) is 0 Å². The van der Waals surface area contributed by atoms with Gasteiger partial charge >= 0.3 is 0 Å². The molecule has 0 unspecified atom stereocenters. The Hall–Kier alpha value is -1.19. The lowest BCUT2D eigenvalue weighted by Crippen LogP contribution is -2.48. The molecule has 1 saturated heterocycles. The van der Waals surface area contributed by atoms with Crippen LogP contribution in [0.2, 0.25) is 0 Å². The predicted octanol–water partition coefficient (Wildman–Crippen LogP) is 3.93. The van der Waals surface area contributed by atoms with Gasteiger partial charge < -0.3 is 0 Å². The zero-order chi connectivity index (χ0) is 13.4. The minimum Gasteiger partial charge on any atom is -0.299 e. The van der Waals surface area contributed by atoms with Crippen molar-refractivity contribution in [2.75, 3.05) is 13.1 Å². The van der Waals surface area contributed by atoms with E-state index in [1.165, 1.54) is 34.1 Å². The maximum Gasteiger partial charge on any atom is 0.0987 e. The molecule has 2 aromatic rings. The Labute approximate surface area is 119 Å². The third-order valence-corrected chi connectivity index (χ3v) is 5.02. The average molecular weight is 272 g/mol. The van der Waals surface area contributed by atoms with Gasteiger partial charge in [-0.25, -0.2) is 4.98 Å². The summed E-state index contributed by atoms with van der Waals surface area (Å²) in [6.45, 7) is 8.99. The van der Waals surface area contributed by atoms with Gasteiger partial charge in [-0.2, -0.15) is 0 Å². The van der Waals surface area contributed by atoms with Crippen molar-refractivity contribution in [3.63, 3.8) is 0 Å². The lowest BCUT2D eigenvalue weighted by atomic mass is 9.99. The van der Waals surface area contributed by atoms with Crippen LogP contribution in [-0.4, -0.2) is 29.0 Å². The van der Waals surface area contributed by atoms with Gasteiger partial charge in [-0.3, -0.25) is 4.90 Å². The number of likely N-dealkylation sites (tertiary alicyclic amines) is 1. The molecule has 3 rings (SSSR count). The highest BCUT2D eigenvalue weighted by Crippen LogP contribution is 2.35. The maximum atomic E-state index is 4.63. The molecule has 2 nitrogen and oxygen atoms in total. The van der Waals surface area contributed by atoms with Gasteiger partial charge in [-0.1, -0.05) is 29.8 Å². The number of nitrogens with zero attached hydrogens (tertiary/aromatic N) is 2. The van der Waals surface area contributed by atoms with Crippen molar-refractivity contribution in [3.8, 4) is 10.4 Å². The normalized spacial score (nSPS) is 16.8. The molecule has 1 fully saturated rings. The number of hydrogen-bond donors (Lipinski definition) is 0. The van der Waals surface area contributed by atoms with Gasteiger partial charge in [0, 0.05) is 31.2 Å². The van der Waals surface area contributed by atoms with Crippen molar-refractivity contribution in [1.82, 2.24) is 9.88 Å². The average Bonchev–Trinajstić information content (AvgIpc) is 2.75. The number of thiazole rings is 1. The Kier molecular flexibility index (Phi) is 3.42. The molecule has 0 spiro atoms. The molecule has 0 saturated carbocycles. The molecule has 3 heteroatoms. The second-order valence-corrected chi connectivity index (χ2v) is 6.74. The molecule has 1 aliphatic heterocycles. The quantitative estimate of drug-likeness (QED) is 0.841. The lowest BCUT2D eigenvalue weighted by molar-refractivity contribution is 0.110. The molecule has 1 aliphatic rings. The maximum absolute atomic E-state index is 4.63. The van der Waals surface area contributed by atoms with Crippen molar-refractivity contribution in [1.29, 1.82) is 0 Å². The highest BCUT2D eigenvalue weighted by atomic mass is 32.1. The number of hydrogen-bond acceptors (Lipinski definition) is 3. The summed E-state index contributed by atoms with van der Waals surface area (Å²) in [5.74, 6) is 0.644. The number of benzene rings is 1. The molecule has 0 atom stereocenters. The van der Waals surface area contributed by atoms with E-state index >= 15 is 0 Å². The SMILES string of the molecule is Cc1cccc(-c2cnc(C3CN(C(C)C)C3)s2)c1. The van der Waals surface area contributed by atoms with E-state index in [2.05, 4.69) is 54.9 Å². The van der Waals surface area contributed by atoms with Crippen molar-refractivity contribution in [3.05, 3.63) is 41.0 Å². The van der Waals surface area contributed by atoms with Crippen LogP contribution >= 0.6 is 11.3 Å². The molecule has 0 amide bonds. The number of aryl methyl sites for hydroxylation is 1. The van der Waals surface area contributed by atoms with Crippen LogP contribution in [0.5, 0.6) is 0 Å². The predicted molar refractivity (Wildman–Crippen MR) is 81.7 cm³/mol. The summed E-state index contributed by atoms with van der Waals surface area (Å²) in [5.41, 5.74) is 2.60. The van der Waals surface area contributed by atoms with E-state index in [-0.39, 0.29) is 0 Å². The van der Waals surface area contributed by atoms with E-state index < -0.39 is 0 Å². The zero-order valence-electron chi connectivity index (χ0n) is 11.8. The molecule has 100 valence electrons. The van der Waals surface area contributed by atoms with Gasteiger partial charge in [-0.15, -0.1) is 11.3 Å². The van der Waals surface area contributed by atoms with Crippen LogP contribution < -0.4 is 0 Å². The topological polar surface area (TPSA) is 16.1 Å². The first-order chi connectivity index (χ1) is 9.13. The van der Waals surface area contributed by atoms with Crippen LogP contribution in [0.25, 0.3) is 10.4 Å². The van der Waals surface area contributed by atoms with Crippen LogP contribution in [0.3, 0.4) is 0 Å². The van der Waals surface area contributed by atoms with Crippen LogP contribution in [0.4, 0.5) is 0 Å². The first kappa shape index (κ1) is 12.8. The Morgan fingerprint density at radius 2 is 2.11 bits per heavy atom. The minimum absolute atomic E-state index is 0.644. The Balaban J connectivity index is 1.74. The molecule has 0 bridgehead atoms. The molecule has 19 heavy (non-hydrogen) atoms. The molecule has 1 aromatic heterocycles. The first-order valence-corrected chi connectivity index (χ1v) is 7.72. The van der Waals surface area contributed by atoms with Crippen LogP contribution in [-0.2, 0) is 0 Å². The number of aromatic nitrogens is 1. The van der Waals surface area contributed by atoms with Crippen molar-refractivity contribution >= 4 is 11.3 Å². The molecule has 2 heterocycles. The van der Waals surface area contributed by atoms with Gasteiger partial charge in [0.25, 0.3) is 0 Å². The summed E-state index contributed by atoms with van der Waals surface area (Å²) >= 11 is 1.85. The zero-order valence-corrected chi connectivity index (χ0v) is 12.6. The molecule has 0 N–H and O–H groups in total. The fraction of sp³-hybridized carbons (Fsp3) is 0.438. The van der Waals surface area contributed by atoms with Gasteiger partial charge in [0.05, 0.1) is 9.88 Å². The Morgan fingerprint density at radius 1 is 1.32 bits per heavy atom. The van der Waals surface area contributed by atoms with Crippen molar-refractivity contribution in [2.45, 2.75) is 32.7 Å². The van der Waals surface area contributed by atoms with Crippen LogP contribution in [0.15, 0.2) is 30.5 Å². The summed E-state index contributed by atoms with van der Waals surface area (Å²) < 4.78 is 0. The highest BCUT2D eigenvalue weighted by Gasteiger charge is 2.31. The van der Waals surface area contributed by atoms with Crippen molar-refractivity contribution < 1.29 is 0 Å². The van der Waals surface area contributed by atoms with Crippen LogP contribution in [0.1, 0.15) is 30.3 Å². The fourth-order valence-electron chi connectivity index (χ4n) is 2.50. The summed E-state index contributed by atoms with van der Waals surface area (Å²) in [6.07, 6.45) is 2.03. The third kappa shape index (κ3) is 2.58. The fourth-order valence-corrected chi connectivity index (χ4v) is 3.50. The van der Waals surface area contributed by atoms with E-state index in [4.69, 9.17) is 0 Å². The van der Waals surface area contributed by atoms with E-state index in [1.807, 2.05) is 17.5 Å². The second kappa shape index (κ2) is 5.06. The summed E-state index contributed by atoms with van der Waals surface area (Å²) in [7, 11) is 0. The largest absolute Gasteiger partial charge is 0.299 e. The summed E-state index contributed by atoms with van der Waals surface area (Å²) in [6, 6.07) is 9.32. The van der Waals surface area contributed by atoms with Gasteiger partial charge in [-0.05, 0) is 26.3 Å². The molecular formula is C16H20N2S. The Morgan fingerprint density at radius 3 is 2.79 bits per heavy atom. The van der Waals surface area contributed by atoms with E-state index in [0.29, 0.717) is 12.0 Å². The van der Waals surface area contributed by atoms with Gasteiger partial charge in [0.2, 0.25) is 0 Å². The smallest absolute Gasteiger partial charge is 0.0987 e. The monoisotopic (exact) mass is 272 g/mol. The van der Waals surface area contributed by atoms with E-state index in [9.17, 15) is 0 Å². The van der Waals surface area contributed by atoms with Gasteiger partial charge in [0.15, 0.2) is 0 Å². The summed E-state index contributed by atoms with van der Waals surface area (Å²) in [4.78, 5) is 8.42. The minimum atomic E-state index is 0.644. The molecule has 0 aliphatic carbocycles. The summed E-state index contributed by atoms with van der Waals surface area (Å²) in [5, 5.41) is 1.30. The third-order valence-electron chi connectivity index (χ3n) is 3.82. The van der Waals surface area contributed by atoms with Crippen molar-refractivity contribution in [2.24, 2.45) is 0 Å². The Bertz CT molecular complexity index is 568. The standard InChI is InChI=1S/C16H20N2S/c1-11(2)18-9-14(10-18)16-17-8-15(19-16)13-6-4-5-12(3)7-13/h4-8,11,14H,9-10H2,1-3H3. The second-order valence-electron chi connectivity index (χ2n) is 5.68. The number of rotatable bonds is 3. The lowest BCUT2D eigenvalue weighted by Gasteiger charge is -2.41. The molecule has 0 radical (unpaired) electrons. The molecule has 1 aromatic carbocycles. The van der Waals surface area contributed by atoms with Gasteiger partial charge in [0.1, 0.15) is 0 Å². The first-order valence-electron chi connectivity index (χ1n) is 6.90. The highest BCUT2D eigenvalue weighted by molar-refractivity contribution is 7.15.